The molecule has 1 aliphatic rings. The predicted molar refractivity (Wildman–Crippen MR) is 74.3 cm³/mol. The summed E-state index contributed by atoms with van der Waals surface area (Å²) < 4.78 is 16.5. The van der Waals surface area contributed by atoms with Crippen LogP contribution in [0, 0.1) is 0 Å². The fraction of sp³-hybridized carbons (Fsp3) is 0.600. The molecule has 0 bridgehead atoms. The van der Waals surface area contributed by atoms with Gasteiger partial charge in [-0.2, -0.15) is 0 Å². The highest BCUT2D eigenvalue weighted by Crippen LogP contribution is 2.21. The lowest BCUT2D eigenvalue weighted by atomic mass is 10.1. The summed E-state index contributed by atoms with van der Waals surface area (Å²) in [6.07, 6.45) is 0. The summed E-state index contributed by atoms with van der Waals surface area (Å²) in [5.74, 6) is 0.417. The van der Waals surface area contributed by atoms with Gasteiger partial charge < -0.3 is 19.5 Å². The average molecular weight is 265 g/mol. The Morgan fingerprint density at radius 1 is 1.32 bits per heavy atom. The molecule has 0 aromatic heterocycles. The highest BCUT2D eigenvalue weighted by Gasteiger charge is 2.28. The van der Waals surface area contributed by atoms with Crippen LogP contribution in [-0.4, -0.2) is 32.2 Å². The molecule has 1 aliphatic heterocycles. The van der Waals surface area contributed by atoms with Gasteiger partial charge in [0, 0.05) is 6.04 Å². The minimum absolute atomic E-state index is 0.217. The van der Waals surface area contributed by atoms with Gasteiger partial charge in [0.25, 0.3) is 0 Å². The first-order chi connectivity index (χ1) is 9.00. The van der Waals surface area contributed by atoms with Crippen LogP contribution >= 0.6 is 0 Å². The number of methoxy groups -OCH3 is 1. The lowest BCUT2D eigenvalue weighted by molar-refractivity contribution is -0.253. The van der Waals surface area contributed by atoms with E-state index >= 15 is 0 Å². The fourth-order valence-corrected chi connectivity index (χ4v) is 2.15. The molecule has 1 N–H and O–H groups in total. The zero-order valence-corrected chi connectivity index (χ0v) is 12.1. The third-order valence-corrected chi connectivity index (χ3v) is 3.34. The molecule has 1 saturated heterocycles. The Morgan fingerprint density at radius 3 is 2.63 bits per heavy atom. The van der Waals surface area contributed by atoms with Crippen molar-refractivity contribution >= 4 is 0 Å². The number of rotatable bonds is 4. The van der Waals surface area contributed by atoms with Crippen molar-refractivity contribution in [2.45, 2.75) is 38.6 Å². The monoisotopic (exact) mass is 265 g/mol. The van der Waals surface area contributed by atoms with E-state index in [1.54, 1.807) is 7.11 Å². The van der Waals surface area contributed by atoms with E-state index in [2.05, 4.69) is 18.3 Å². The molecule has 0 amide bonds. The summed E-state index contributed by atoms with van der Waals surface area (Å²) in [5.41, 5.74) is 1.20. The maximum absolute atomic E-state index is 5.65. The second-order valence-corrected chi connectivity index (χ2v) is 5.38. The first-order valence-corrected chi connectivity index (χ1v) is 6.68. The van der Waals surface area contributed by atoms with Crippen molar-refractivity contribution in [1.29, 1.82) is 0 Å². The Hall–Kier alpha value is -1.10. The third-order valence-electron chi connectivity index (χ3n) is 3.34. The van der Waals surface area contributed by atoms with E-state index in [0.717, 1.165) is 5.75 Å². The van der Waals surface area contributed by atoms with Gasteiger partial charge in [0.15, 0.2) is 5.79 Å². The number of hydrogen-bond acceptors (Lipinski definition) is 4. The molecule has 1 fully saturated rings. The Kier molecular flexibility index (Phi) is 4.45. The van der Waals surface area contributed by atoms with E-state index in [-0.39, 0.29) is 12.1 Å². The summed E-state index contributed by atoms with van der Waals surface area (Å²) in [5, 5.41) is 3.52. The number of hydrogen-bond donors (Lipinski definition) is 1. The number of nitrogens with one attached hydrogen (secondary N) is 1. The molecule has 2 rings (SSSR count). The molecule has 1 heterocycles. The van der Waals surface area contributed by atoms with Gasteiger partial charge in [0.05, 0.1) is 26.4 Å². The van der Waals surface area contributed by atoms with Crippen LogP contribution in [0.5, 0.6) is 5.75 Å². The van der Waals surface area contributed by atoms with Crippen LogP contribution < -0.4 is 10.1 Å². The average Bonchev–Trinajstić information content (AvgIpc) is 2.41. The van der Waals surface area contributed by atoms with Gasteiger partial charge in [-0.1, -0.05) is 12.1 Å². The standard InChI is InChI=1S/C15H23NO3/c1-11(12-6-5-7-14(8-12)17-4)16-13-9-18-15(2,3)19-10-13/h5-8,11,13,16H,9-10H2,1-4H3/t11-/m1/s1. The van der Waals surface area contributed by atoms with Gasteiger partial charge in [0.1, 0.15) is 5.75 Å². The zero-order chi connectivity index (χ0) is 13.9. The summed E-state index contributed by atoms with van der Waals surface area (Å²) in [4.78, 5) is 0. The van der Waals surface area contributed by atoms with E-state index in [1.165, 1.54) is 5.56 Å². The predicted octanol–water partition coefficient (Wildman–Crippen LogP) is 2.50. The van der Waals surface area contributed by atoms with Crippen LogP contribution in [-0.2, 0) is 9.47 Å². The van der Waals surface area contributed by atoms with Crippen LogP contribution in [0.2, 0.25) is 0 Å². The van der Waals surface area contributed by atoms with Gasteiger partial charge in [-0.3, -0.25) is 0 Å². The first kappa shape index (κ1) is 14.3. The zero-order valence-electron chi connectivity index (χ0n) is 12.1. The van der Waals surface area contributed by atoms with E-state index in [1.807, 2.05) is 32.0 Å². The first-order valence-electron chi connectivity index (χ1n) is 6.68. The number of ether oxygens (including phenoxy) is 3. The highest BCUT2D eigenvalue weighted by atomic mass is 16.7. The quantitative estimate of drug-likeness (QED) is 0.908. The molecule has 0 radical (unpaired) electrons. The lowest BCUT2D eigenvalue weighted by Crippen LogP contribution is -2.49. The van der Waals surface area contributed by atoms with Crippen molar-refractivity contribution in [3.8, 4) is 5.75 Å². The molecule has 1 aromatic rings. The van der Waals surface area contributed by atoms with E-state index in [4.69, 9.17) is 14.2 Å². The Labute approximate surface area is 115 Å². The van der Waals surface area contributed by atoms with Gasteiger partial charge in [-0.25, -0.2) is 0 Å². The smallest absolute Gasteiger partial charge is 0.162 e. The molecule has 19 heavy (non-hydrogen) atoms. The van der Waals surface area contributed by atoms with Crippen LogP contribution in [0.15, 0.2) is 24.3 Å². The highest BCUT2D eigenvalue weighted by molar-refractivity contribution is 5.30. The molecular formula is C15H23NO3. The summed E-state index contributed by atoms with van der Waals surface area (Å²) in [6.45, 7) is 7.35. The molecule has 0 aliphatic carbocycles. The number of benzene rings is 1. The van der Waals surface area contributed by atoms with Gasteiger partial charge in [0.2, 0.25) is 0 Å². The van der Waals surface area contributed by atoms with Crippen LogP contribution in [0.25, 0.3) is 0 Å². The van der Waals surface area contributed by atoms with Crippen molar-refractivity contribution in [1.82, 2.24) is 5.32 Å². The van der Waals surface area contributed by atoms with Gasteiger partial charge in [-0.15, -0.1) is 0 Å². The second kappa shape index (κ2) is 5.90. The Bertz CT molecular complexity index is 410. The van der Waals surface area contributed by atoms with Crippen LogP contribution in [0.3, 0.4) is 0 Å². The molecule has 4 nitrogen and oxygen atoms in total. The van der Waals surface area contributed by atoms with Gasteiger partial charge in [-0.05, 0) is 38.5 Å². The normalized spacial score (nSPS) is 21.1. The fourth-order valence-electron chi connectivity index (χ4n) is 2.15. The van der Waals surface area contributed by atoms with Crippen LogP contribution in [0.4, 0.5) is 0 Å². The lowest BCUT2D eigenvalue weighted by Gasteiger charge is -2.36. The SMILES string of the molecule is COc1cccc([C@@H](C)NC2COC(C)(C)OC2)c1. The van der Waals surface area contributed by atoms with E-state index in [0.29, 0.717) is 13.2 Å². The largest absolute Gasteiger partial charge is 0.497 e. The Morgan fingerprint density at radius 2 is 2.00 bits per heavy atom. The minimum atomic E-state index is -0.461. The van der Waals surface area contributed by atoms with Gasteiger partial charge >= 0.3 is 0 Å². The molecule has 4 heteroatoms. The molecule has 1 aromatic carbocycles. The summed E-state index contributed by atoms with van der Waals surface area (Å²) in [7, 11) is 1.68. The summed E-state index contributed by atoms with van der Waals surface area (Å²) in [6, 6.07) is 8.54. The second-order valence-electron chi connectivity index (χ2n) is 5.38. The van der Waals surface area contributed by atoms with Crippen LogP contribution in [0.1, 0.15) is 32.4 Å². The molecule has 0 unspecified atom stereocenters. The van der Waals surface area contributed by atoms with Crippen molar-refractivity contribution in [2.24, 2.45) is 0 Å². The Balaban J connectivity index is 1.92. The maximum Gasteiger partial charge on any atom is 0.162 e. The van der Waals surface area contributed by atoms with Crippen molar-refractivity contribution in [2.75, 3.05) is 20.3 Å². The van der Waals surface area contributed by atoms with Crippen molar-refractivity contribution in [3.63, 3.8) is 0 Å². The summed E-state index contributed by atoms with van der Waals surface area (Å²) >= 11 is 0. The molecular weight excluding hydrogens is 242 g/mol. The van der Waals surface area contributed by atoms with Crippen molar-refractivity contribution in [3.05, 3.63) is 29.8 Å². The van der Waals surface area contributed by atoms with E-state index < -0.39 is 5.79 Å². The topological polar surface area (TPSA) is 39.7 Å². The molecule has 0 saturated carbocycles. The van der Waals surface area contributed by atoms with E-state index in [9.17, 15) is 0 Å². The maximum atomic E-state index is 5.65. The third kappa shape index (κ3) is 3.93. The molecule has 0 spiro atoms. The molecule has 1 atom stereocenters. The minimum Gasteiger partial charge on any atom is -0.497 e. The van der Waals surface area contributed by atoms with Crippen molar-refractivity contribution < 1.29 is 14.2 Å². The molecule has 106 valence electrons.